The SMILES string of the molecule is C(=C\c1ccccc1)/C[n+]1cccc2ccccc21. The molecule has 0 saturated heterocycles. The summed E-state index contributed by atoms with van der Waals surface area (Å²) in [6.45, 7) is 0.885. The van der Waals surface area contributed by atoms with Gasteiger partial charge in [0.1, 0.15) is 0 Å². The zero-order valence-corrected chi connectivity index (χ0v) is 10.7. The van der Waals surface area contributed by atoms with Crippen LogP contribution < -0.4 is 4.57 Å². The maximum atomic E-state index is 2.26. The number of hydrogen-bond acceptors (Lipinski definition) is 0. The highest BCUT2D eigenvalue weighted by molar-refractivity contribution is 5.74. The third kappa shape index (κ3) is 2.71. The van der Waals surface area contributed by atoms with Crippen molar-refractivity contribution in [1.29, 1.82) is 0 Å². The monoisotopic (exact) mass is 246 g/mol. The van der Waals surface area contributed by atoms with Crippen molar-refractivity contribution < 1.29 is 4.57 Å². The zero-order chi connectivity index (χ0) is 12.9. The highest BCUT2D eigenvalue weighted by atomic mass is 14.9. The van der Waals surface area contributed by atoms with Crippen molar-refractivity contribution in [3.63, 3.8) is 0 Å². The fraction of sp³-hybridized carbons (Fsp3) is 0.0556. The van der Waals surface area contributed by atoms with E-state index < -0.39 is 0 Å². The van der Waals surface area contributed by atoms with E-state index in [9.17, 15) is 0 Å². The molecule has 2 aromatic carbocycles. The number of allylic oxidation sites excluding steroid dienone is 1. The van der Waals surface area contributed by atoms with Crippen LogP contribution in [0, 0.1) is 0 Å². The van der Waals surface area contributed by atoms with Crippen molar-refractivity contribution in [3.8, 4) is 0 Å². The molecule has 0 amide bonds. The summed E-state index contributed by atoms with van der Waals surface area (Å²) in [5, 5.41) is 1.28. The van der Waals surface area contributed by atoms with Gasteiger partial charge in [0, 0.05) is 17.5 Å². The van der Waals surface area contributed by atoms with E-state index in [1.165, 1.54) is 16.5 Å². The van der Waals surface area contributed by atoms with Crippen LogP contribution in [-0.2, 0) is 6.54 Å². The largest absolute Gasteiger partial charge is 0.212 e. The number of hydrogen-bond donors (Lipinski definition) is 0. The first-order valence-corrected chi connectivity index (χ1v) is 6.52. The Labute approximate surface area is 113 Å². The van der Waals surface area contributed by atoms with Crippen molar-refractivity contribution in [2.24, 2.45) is 0 Å². The van der Waals surface area contributed by atoms with Crippen LogP contribution in [0.25, 0.3) is 17.0 Å². The van der Waals surface area contributed by atoms with Crippen LogP contribution in [0.4, 0.5) is 0 Å². The number of rotatable bonds is 3. The molecule has 1 heterocycles. The topological polar surface area (TPSA) is 3.88 Å². The number of fused-ring (bicyclic) bond motifs is 1. The minimum absolute atomic E-state index is 0.885. The van der Waals surface area contributed by atoms with E-state index in [0.717, 1.165) is 6.54 Å². The smallest absolute Gasteiger partial charge is 0.195 e. The van der Waals surface area contributed by atoms with Crippen LogP contribution in [-0.4, -0.2) is 0 Å². The van der Waals surface area contributed by atoms with Crippen LogP contribution in [0.5, 0.6) is 0 Å². The van der Waals surface area contributed by atoms with Crippen molar-refractivity contribution >= 4 is 17.0 Å². The molecule has 0 aliphatic heterocycles. The van der Waals surface area contributed by atoms with Gasteiger partial charge in [0.25, 0.3) is 0 Å². The van der Waals surface area contributed by atoms with Crippen molar-refractivity contribution in [1.82, 2.24) is 0 Å². The third-order valence-corrected chi connectivity index (χ3v) is 3.20. The highest BCUT2D eigenvalue weighted by Crippen LogP contribution is 2.08. The fourth-order valence-electron chi connectivity index (χ4n) is 2.25. The predicted octanol–water partition coefficient (Wildman–Crippen LogP) is 3.84. The number of nitrogens with zero attached hydrogens (tertiary/aromatic N) is 1. The van der Waals surface area contributed by atoms with E-state index in [-0.39, 0.29) is 0 Å². The number of pyridine rings is 1. The van der Waals surface area contributed by atoms with Gasteiger partial charge < -0.3 is 0 Å². The molecule has 0 bridgehead atoms. The minimum atomic E-state index is 0.885. The van der Waals surface area contributed by atoms with Gasteiger partial charge in [0.05, 0.1) is 0 Å². The lowest BCUT2D eigenvalue weighted by Gasteiger charge is -1.98. The third-order valence-electron chi connectivity index (χ3n) is 3.20. The molecule has 0 aliphatic carbocycles. The second-order valence-corrected chi connectivity index (χ2v) is 4.53. The molecule has 0 unspecified atom stereocenters. The summed E-state index contributed by atoms with van der Waals surface area (Å²) in [6, 6.07) is 23.1. The Kier molecular flexibility index (Phi) is 3.37. The molecular formula is C18H16N+. The molecule has 0 N–H and O–H groups in total. The summed E-state index contributed by atoms with van der Waals surface area (Å²) in [6.07, 6.45) is 6.48. The molecule has 92 valence electrons. The standard InChI is InChI=1S/C18H16N/c1-2-8-16(9-3-1)10-6-14-19-15-7-12-17-11-4-5-13-18(17)19/h1-13,15H,14H2/q+1/b10-6+. The Morgan fingerprint density at radius 2 is 1.53 bits per heavy atom. The van der Waals surface area contributed by atoms with Crippen LogP contribution in [0.2, 0.25) is 0 Å². The van der Waals surface area contributed by atoms with Crippen LogP contribution in [0.15, 0.2) is 79.0 Å². The van der Waals surface area contributed by atoms with Crippen molar-refractivity contribution in [2.45, 2.75) is 6.54 Å². The molecule has 0 radical (unpaired) electrons. The lowest BCUT2D eigenvalue weighted by atomic mass is 10.2. The van der Waals surface area contributed by atoms with Crippen LogP contribution in [0.1, 0.15) is 5.56 Å². The van der Waals surface area contributed by atoms with Gasteiger partial charge in [-0.05, 0) is 23.8 Å². The van der Waals surface area contributed by atoms with Crippen LogP contribution in [0.3, 0.4) is 0 Å². The lowest BCUT2D eigenvalue weighted by molar-refractivity contribution is -0.660. The predicted molar refractivity (Wildman–Crippen MR) is 79.6 cm³/mol. The van der Waals surface area contributed by atoms with E-state index >= 15 is 0 Å². The van der Waals surface area contributed by atoms with Gasteiger partial charge in [0.15, 0.2) is 12.7 Å². The molecule has 0 fully saturated rings. The average molecular weight is 246 g/mol. The van der Waals surface area contributed by atoms with Crippen molar-refractivity contribution in [3.05, 3.63) is 84.6 Å². The fourth-order valence-corrected chi connectivity index (χ4v) is 2.25. The molecule has 19 heavy (non-hydrogen) atoms. The molecule has 0 saturated carbocycles. The molecule has 1 aromatic heterocycles. The number of aromatic nitrogens is 1. The Morgan fingerprint density at radius 3 is 2.42 bits per heavy atom. The molecule has 3 aromatic rings. The molecule has 1 heteroatoms. The zero-order valence-electron chi connectivity index (χ0n) is 10.7. The summed E-state index contributed by atoms with van der Waals surface area (Å²) in [4.78, 5) is 0. The van der Waals surface area contributed by atoms with Gasteiger partial charge in [-0.3, -0.25) is 0 Å². The lowest BCUT2D eigenvalue weighted by Crippen LogP contribution is -2.32. The molecule has 3 rings (SSSR count). The Hall–Kier alpha value is -2.41. The van der Waals surface area contributed by atoms with E-state index in [1.54, 1.807) is 0 Å². The Morgan fingerprint density at radius 1 is 0.789 bits per heavy atom. The van der Waals surface area contributed by atoms with Gasteiger partial charge in [-0.15, -0.1) is 0 Å². The summed E-state index contributed by atoms with van der Waals surface area (Å²) < 4.78 is 2.26. The van der Waals surface area contributed by atoms with Gasteiger partial charge >= 0.3 is 0 Å². The maximum Gasteiger partial charge on any atom is 0.212 e. The summed E-state index contributed by atoms with van der Waals surface area (Å²) in [7, 11) is 0. The highest BCUT2D eigenvalue weighted by Gasteiger charge is 2.04. The first kappa shape index (κ1) is 11.7. The van der Waals surface area contributed by atoms with E-state index in [0.29, 0.717) is 0 Å². The minimum Gasteiger partial charge on any atom is -0.195 e. The van der Waals surface area contributed by atoms with Crippen LogP contribution >= 0.6 is 0 Å². The summed E-state index contributed by atoms with van der Waals surface area (Å²) in [5.74, 6) is 0. The summed E-state index contributed by atoms with van der Waals surface area (Å²) >= 11 is 0. The van der Waals surface area contributed by atoms with Gasteiger partial charge in [-0.1, -0.05) is 48.5 Å². The molecule has 0 atom stereocenters. The van der Waals surface area contributed by atoms with Gasteiger partial charge in [-0.25, -0.2) is 0 Å². The van der Waals surface area contributed by atoms with E-state index in [2.05, 4.69) is 83.6 Å². The maximum absolute atomic E-state index is 2.26. The average Bonchev–Trinajstić information content (AvgIpc) is 2.49. The number of benzene rings is 2. The van der Waals surface area contributed by atoms with Gasteiger partial charge in [-0.2, -0.15) is 4.57 Å². The summed E-state index contributed by atoms with van der Waals surface area (Å²) in [5.41, 5.74) is 2.51. The molecule has 0 aliphatic rings. The first-order valence-electron chi connectivity index (χ1n) is 6.52. The van der Waals surface area contributed by atoms with Crippen molar-refractivity contribution in [2.75, 3.05) is 0 Å². The first-order chi connectivity index (χ1) is 9.43. The van der Waals surface area contributed by atoms with E-state index in [4.69, 9.17) is 0 Å². The molecular weight excluding hydrogens is 230 g/mol. The van der Waals surface area contributed by atoms with E-state index in [1.807, 2.05) is 6.07 Å². The Balaban J connectivity index is 1.84. The Bertz CT molecular complexity index is 694. The quantitative estimate of drug-likeness (QED) is 0.618. The second kappa shape index (κ2) is 5.49. The second-order valence-electron chi connectivity index (χ2n) is 4.53. The molecule has 1 nitrogen and oxygen atoms in total. The van der Waals surface area contributed by atoms with Gasteiger partial charge in [0.2, 0.25) is 5.52 Å². The number of para-hydroxylation sites is 1. The molecule has 0 spiro atoms. The normalized spacial score (nSPS) is 11.2.